The van der Waals surface area contributed by atoms with Gasteiger partial charge in [-0.05, 0) is 29.2 Å². The van der Waals surface area contributed by atoms with Crippen molar-refractivity contribution in [3.63, 3.8) is 0 Å². The molecule has 0 bridgehead atoms. The average molecular weight is 315 g/mol. The first-order chi connectivity index (χ1) is 10.6. The van der Waals surface area contributed by atoms with Gasteiger partial charge in [0.1, 0.15) is 0 Å². The van der Waals surface area contributed by atoms with Crippen LogP contribution < -0.4 is 5.32 Å². The van der Waals surface area contributed by atoms with Crippen molar-refractivity contribution in [2.75, 3.05) is 13.6 Å². The summed E-state index contributed by atoms with van der Waals surface area (Å²) in [4.78, 5) is 28.7. The predicted octanol–water partition coefficient (Wildman–Crippen LogP) is 2.07. The van der Waals surface area contributed by atoms with Crippen molar-refractivity contribution in [2.45, 2.75) is 6.54 Å². The van der Waals surface area contributed by atoms with Gasteiger partial charge in [0.25, 0.3) is 0 Å². The maximum Gasteiger partial charge on any atom is 0.246 e. The molecule has 0 aliphatic heterocycles. The van der Waals surface area contributed by atoms with Crippen LogP contribution in [0.25, 0.3) is 11.3 Å². The van der Waals surface area contributed by atoms with E-state index in [-0.39, 0.29) is 18.4 Å². The molecule has 0 aliphatic rings. The molecule has 0 aliphatic carbocycles. The van der Waals surface area contributed by atoms with Gasteiger partial charge in [-0.2, -0.15) is 11.3 Å². The Bertz CT molecular complexity index is 651. The van der Waals surface area contributed by atoms with Crippen LogP contribution in [0.15, 0.2) is 47.8 Å². The number of carbonyl (C=O) groups excluding carboxylic acids is 2. The number of likely N-dealkylation sites (N-methyl/N-ethyl adjacent to an activating group) is 1. The van der Waals surface area contributed by atoms with Crippen molar-refractivity contribution in [3.05, 3.63) is 53.4 Å². The van der Waals surface area contributed by atoms with E-state index in [2.05, 4.69) is 16.9 Å². The van der Waals surface area contributed by atoms with Crippen LogP contribution >= 0.6 is 11.3 Å². The fraction of sp³-hybridized carbons (Fsp3) is 0.188. The third kappa shape index (κ3) is 4.26. The highest BCUT2D eigenvalue weighted by Crippen LogP contribution is 2.19. The summed E-state index contributed by atoms with van der Waals surface area (Å²) in [6.07, 6.45) is 2.92. The van der Waals surface area contributed by atoms with E-state index < -0.39 is 0 Å². The molecule has 0 saturated carbocycles. The maximum atomic E-state index is 11.7. The molecule has 6 heteroatoms. The lowest BCUT2D eigenvalue weighted by molar-refractivity contribution is -0.131. The number of amides is 2. The van der Waals surface area contributed by atoms with Gasteiger partial charge in [0.2, 0.25) is 11.8 Å². The molecule has 0 aromatic carbocycles. The van der Waals surface area contributed by atoms with Crippen LogP contribution in [0.2, 0.25) is 0 Å². The largest absolute Gasteiger partial charge is 0.350 e. The molecule has 2 aromatic heterocycles. The van der Waals surface area contributed by atoms with Crippen LogP contribution in [0.3, 0.4) is 0 Å². The number of rotatable bonds is 6. The molecule has 1 N–H and O–H groups in total. The average Bonchev–Trinajstić information content (AvgIpc) is 3.07. The highest BCUT2D eigenvalue weighted by molar-refractivity contribution is 7.08. The maximum absolute atomic E-state index is 11.7. The minimum absolute atomic E-state index is 0.00523. The number of thiophene rings is 1. The zero-order valence-corrected chi connectivity index (χ0v) is 13.1. The highest BCUT2D eigenvalue weighted by atomic mass is 32.1. The van der Waals surface area contributed by atoms with Crippen LogP contribution in [0, 0.1) is 0 Å². The number of pyridine rings is 1. The molecule has 2 amide bonds. The molecule has 0 unspecified atom stereocenters. The van der Waals surface area contributed by atoms with Crippen molar-refractivity contribution in [3.8, 4) is 11.3 Å². The van der Waals surface area contributed by atoms with E-state index in [4.69, 9.17) is 0 Å². The summed E-state index contributed by atoms with van der Waals surface area (Å²) in [5.74, 6) is -0.503. The van der Waals surface area contributed by atoms with E-state index in [1.807, 2.05) is 29.0 Å². The molecule has 2 rings (SSSR count). The monoisotopic (exact) mass is 315 g/mol. The Morgan fingerprint density at radius 2 is 2.23 bits per heavy atom. The zero-order valence-electron chi connectivity index (χ0n) is 12.3. The Balaban J connectivity index is 1.85. The molecule has 0 saturated heterocycles. The van der Waals surface area contributed by atoms with Gasteiger partial charge in [-0.3, -0.25) is 14.6 Å². The molecular weight excluding hydrogens is 298 g/mol. The number of hydrogen-bond donors (Lipinski definition) is 1. The molecule has 22 heavy (non-hydrogen) atoms. The third-order valence-corrected chi connectivity index (χ3v) is 3.75. The number of nitrogens with zero attached hydrogens (tertiary/aromatic N) is 2. The van der Waals surface area contributed by atoms with Crippen molar-refractivity contribution in [1.82, 2.24) is 15.2 Å². The number of nitrogens with one attached hydrogen (secondary N) is 1. The lowest BCUT2D eigenvalue weighted by Crippen LogP contribution is -2.37. The molecule has 0 radical (unpaired) electrons. The van der Waals surface area contributed by atoms with Crippen molar-refractivity contribution in [1.29, 1.82) is 0 Å². The zero-order chi connectivity index (χ0) is 15.9. The number of aromatic nitrogens is 1. The van der Waals surface area contributed by atoms with Gasteiger partial charge in [0, 0.05) is 30.7 Å². The highest BCUT2D eigenvalue weighted by Gasteiger charge is 2.09. The van der Waals surface area contributed by atoms with Crippen LogP contribution in [0.4, 0.5) is 0 Å². The van der Waals surface area contributed by atoms with Crippen LogP contribution in [0.5, 0.6) is 0 Å². The second kappa shape index (κ2) is 7.51. The number of carbonyl (C=O) groups is 2. The van der Waals surface area contributed by atoms with Gasteiger partial charge in [0.05, 0.1) is 12.2 Å². The van der Waals surface area contributed by atoms with Crippen molar-refractivity contribution >= 4 is 23.2 Å². The van der Waals surface area contributed by atoms with E-state index in [1.54, 1.807) is 24.6 Å². The summed E-state index contributed by atoms with van der Waals surface area (Å²) < 4.78 is 0. The Morgan fingerprint density at radius 1 is 1.41 bits per heavy atom. The minimum Gasteiger partial charge on any atom is -0.350 e. The summed E-state index contributed by atoms with van der Waals surface area (Å²) in [7, 11) is 1.56. The van der Waals surface area contributed by atoms with Crippen molar-refractivity contribution < 1.29 is 9.59 Å². The molecule has 2 aromatic rings. The van der Waals surface area contributed by atoms with Crippen molar-refractivity contribution in [2.24, 2.45) is 0 Å². The molecule has 0 spiro atoms. The minimum atomic E-state index is -0.281. The van der Waals surface area contributed by atoms with Gasteiger partial charge in [0.15, 0.2) is 0 Å². The first kappa shape index (κ1) is 15.9. The van der Waals surface area contributed by atoms with E-state index in [0.29, 0.717) is 6.54 Å². The van der Waals surface area contributed by atoms with Gasteiger partial charge >= 0.3 is 0 Å². The second-order valence-corrected chi connectivity index (χ2v) is 5.52. The summed E-state index contributed by atoms with van der Waals surface area (Å²) in [5.41, 5.74) is 2.91. The molecular formula is C16H17N3O2S. The van der Waals surface area contributed by atoms with E-state index >= 15 is 0 Å². The number of hydrogen-bond acceptors (Lipinski definition) is 4. The Hall–Kier alpha value is -2.47. The van der Waals surface area contributed by atoms with E-state index in [1.165, 1.54) is 11.0 Å². The predicted molar refractivity (Wildman–Crippen MR) is 87.2 cm³/mol. The second-order valence-electron chi connectivity index (χ2n) is 4.74. The summed E-state index contributed by atoms with van der Waals surface area (Å²) in [5, 5.41) is 6.80. The van der Waals surface area contributed by atoms with Gasteiger partial charge in [-0.1, -0.05) is 12.6 Å². The standard InChI is InChI=1S/C16H17N3O2S/c1-3-16(21)19(2)10-15(20)18-9-12-4-5-14(17-8-12)13-6-7-22-11-13/h3-8,11H,1,9-10H2,2H3,(H,18,20). The molecule has 2 heterocycles. The van der Waals surface area contributed by atoms with Crippen LogP contribution in [-0.2, 0) is 16.1 Å². The quantitative estimate of drug-likeness (QED) is 0.830. The molecule has 0 atom stereocenters. The third-order valence-electron chi connectivity index (χ3n) is 3.06. The molecule has 5 nitrogen and oxygen atoms in total. The van der Waals surface area contributed by atoms with Gasteiger partial charge in [-0.15, -0.1) is 0 Å². The Labute approximate surface area is 133 Å². The van der Waals surface area contributed by atoms with E-state index in [0.717, 1.165) is 16.8 Å². The van der Waals surface area contributed by atoms with Crippen LogP contribution in [-0.4, -0.2) is 35.3 Å². The fourth-order valence-electron chi connectivity index (χ4n) is 1.82. The summed E-state index contributed by atoms with van der Waals surface area (Å²) in [6.45, 7) is 3.77. The topological polar surface area (TPSA) is 62.3 Å². The Morgan fingerprint density at radius 3 is 2.82 bits per heavy atom. The van der Waals surface area contributed by atoms with E-state index in [9.17, 15) is 9.59 Å². The Kier molecular flexibility index (Phi) is 5.43. The van der Waals surface area contributed by atoms with Gasteiger partial charge < -0.3 is 10.2 Å². The molecule has 114 valence electrons. The summed E-state index contributed by atoms with van der Waals surface area (Å²) in [6, 6.07) is 5.87. The van der Waals surface area contributed by atoms with Crippen LogP contribution in [0.1, 0.15) is 5.56 Å². The SMILES string of the molecule is C=CC(=O)N(C)CC(=O)NCc1ccc(-c2ccsc2)nc1. The first-order valence-electron chi connectivity index (χ1n) is 6.72. The normalized spacial score (nSPS) is 10.0. The summed E-state index contributed by atoms with van der Waals surface area (Å²) >= 11 is 1.63. The lowest BCUT2D eigenvalue weighted by atomic mass is 10.2. The molecule has 0 fully saturated rings. The lowest BCUT2D eigenvalue weighted by Gasteiger charge is -2.14. The first-order valence-corrected chi connectivity index (χ1v) is 7.66. The smallest absolute Gasteiger partial charge is 0.246 e. The van der Waals surface area contributed by atoms with Gasteiger partial charge in [-0.25, -0.2) is 0 Å². The fourth-order valence-corrected chi connectivity index (χ4v) is 2.47.